The molecule has 0 unspecified atom stereocenters. The van der Waals surface area contributed by atoms with Gasteiger partial charge in [0.05, 0.1) is 7.11 Å². The molecule has 0 aromatic carbocycles. The number of allylic oxidation sites excluding steroid dienone is 3. The van der Waals surface area contributed by atoms with Crippen LogP contribution in [0.1, 0.15) is 33.1 Å². The highest BCUT2D eigenvalue weighted by molar-refractivity contribution is 5.10. The van der Waals surface area contributed by atoms with Crippen molar-refractivity contribution < 1.29 is 4.74 Å². The van der Waals surface area contributed by atoms with Gasteiger partial charge in [-0.15, -0.1) is 0 Å². The third kappa shape index (κ3) is 5.71. The largest absolute Gasteiger partial charge is 0.497 e. The van der Waals surface area contributed by atoms with Crippen LogP contribution in [0.4, 0.5) is 0 Å². The molecule has 0 saturated heterocycles. The highest BCUT2D eigenvalue weighted by Crippen LogP contribution is 2.03. The van der Waals surface area contributed by atoms with Crippen LogP contribution >= 0.6 is 0 Å². The van der Waals surface area contributed by atoms with Crippen molar-refractivity contribution in [2.24, 2.45) is 0 Å². The summed E-state index contributed by atoms with van der Waals surface area (Å²) in [5.74, 6) is 0.973. The Labute approximate surface area is 69.8 Å². The second kappa shape index (κ2) is 7.39. The van der Waals surface area contributed by atoms with Gasteiger partial charge in [0.2, 0.25) is 0 Å². The molecule has 0 fully saturated rings. The van der Waals surface area contributed by atoms with Gasteiger partial charge in [-0.3, -0.25) is 0 Å². The van der Waals surface area contributed by atoms with Crippen LogP contribution in [0.25, 0.3) is 0 Å². The fourth-order valence-electron chi connectivity index (χ4n) is 0.832. The topological polar surface area (TPSA) is 9.23 Å². The fourth-order valence-corrected chi connectivity index (χ4v) is 0.832. The van der Waals surface area contributed by atoms with Gasteiger partial charge in [-0.05, 0) is 31.9 Å². The van der Waals surface area contributed by atoms with Gasteiger partial charge >= 0.3 is 0 Å². The van der Waals surface area contributed by atoms with E-state index in [2.05, 4.69) is 13.0 Å². The monoisotopic (exact) mass is 154 g/mol. The Hall–Kier alpha value is -0.720. The molecule has 0 atom stereocenters. The lowest BCUT2D eigenvalue weighted by molar-refractivity contribution is 0.305. The van der Waals surface area contributed by atoms with Crippen molar-refractivity contribution in [1.29, 1.82) is 0 Å². The summed E-state index contributed by atoms with van der Waals surface area (Å²) in [6.45, 7) is 4.18. The van der Waals surface area contributed by atoms with E-state index >= 15 is 0 Å². The van der Waals surface area contributed by atoms with E-state index in [1.54, 1.807) is 7.11 Å². The minimum Gasteiger partial charge on any atom is -0.497 e. The summed E-state index contributed by atoms with van der Waals surface area (Å²) < 4.78 is 5.11. The van der Waals surface area contributed by atoms with Crippen LogP contribution in [0.15, 0.2) is 24.0 Å². The molecule has 0 aliphatic rings. The Balaban J connectivity index is 3.71. The van der Waals surface area contributed by atoms with Crippen LogP contribution in [0.5, 0.6) is 0 Å². The average Bonchev–Trinajstić information content (AvgIpc) is 2.03. The highest BCUT2D eigenvalue weighted by Gasteiger charge is 1.86. The van der Waals surface area contributed by atoms with Crippen molar-refractivity contribution in [1.82, 2.24) is 0 Å². The van der Waals surface area contributed by atoms with Crippen molar-refractivity contribution in [3.8, 4) is 0 Å². The zero-order chi connectivity index (χ0) is 8.53. The van der Waals surface area contributed by atoms with E-state index in [1.807, 2.05) is 19.1 Å². The number of unbranched alkanes of at least 4 members (excludes halogenated alkanes) is 2. The van der Waals surface area contributed by atoms with Crippen LogP contribution in [0.3, 0.4) is 0 Å². The van der Waals surface area contributed by atoms with Crippen LogP contribution in [-0.4, -0.2) is 7.11 Å². The molecule has 1 nitrogen and oxygen atoms in total. The molecule has 0 heterocycles. The van der Waals surface area contributed by atoms with E-state index in [4.69, 9.17) is 4.74 Å². The van der Waals surface area contributed by atoms with Gasteiger partial charge in [0, 0.05) is 0 Å². The first-order chi connectivity index (χ1) is 5.35. The van der Waals surface area contributed by atoms with Gasteiger partial charge in [0.25, 0.3) is 0 Å². The Morgan fingerprint density at radius 1 is 1.45 bits per heavy atom. The van der Waals surface area contributed by atoms with Gasteiger partial charge in [0.1, 0.15) is 5.76 Å². The molecule has 0 aliphatic heterocycles. The molecule has 0 saturated carbocycles. The van der Waals surface area contributed by atoms with Gasteiger partial charge < -0.3 is 4.74 Å². The van der Waals surface area contributed by atoms with E-state index in [9.17, 15) is 0 Å². The molecule has 0 aromatic heterocycles. The zero-order valence-corrected chi connectivity index (χ0v) is 7.76. The summed E-state index contributed by atoms with van der Waals surface area (Å²) in [4.78, 5) is 0. The molecule has 0 bridgehead atoms. The van der Waals surface area contributed by atoms with Crippen LogP contribution in [0.2, 0.25) is 0 Å². The van der Waals surface area contributed by atoms with Gasteiger partial charge in [-0.1, -0.05) is 19.4 Å². The second-order valence-electron chi connectivity index (χ2n) is 2.45. The second-order valence-corrected chi connectivity index (χ2v) is 2.45. The molecule has 11 heavy (non-hydrogen) atoms. The van der Waals surface area contributed by atoms with E-state index in [-0.39, 0.29) is 0 Å². The maximum atomic E-state index is 5.11. The molecule has 0 amide bonds. The molecule has 0 radical (unpaired) electrons. The van der Waals surface area contributed by atoms with Gasteiger partial charge in [-0.25, -0.2) is 0 Å². The number of hydrogen-bond acceptors (Lipinski definition) is 1. The molecule has 0 aliphatic carbocycles. The SMILES string of the molecule is C/C=C/C(=C\CCCC)OC. The Morgan fingerprint density at radius 2 is 2.18 bits per heavy atom. The quantitative estimate of drug-likeness (QED) is 0.335. The smallest absolute Gasteiger partial charge is 0.114 e. The lowest BCUT2D eigenvalue weighted by Gasteiger charge is -1.98. The minimum atomic E-state index is 0.973. The van der Waals surface area contributed by atoms with E-state index in [0.29, 0.717) is 0 Å². The summed E-state index contributed by atoms with van der Waals surface area (Å²) in [5, 5.41) is 0. The van der Waals surface area contributed by atoms with Crippen molar-refractivity contribution in [3.05, 3.63) is 24.0 Å². The number of hydrogen-bond donors (Lipinski definition) is 0. The molecule has 1 heteroatoms. The third-order valence-electron chi connectivity index (χ3n) is 1.47. The number of ether oxygens (including phenoxy) is 1. The summed E-state index contributed by atoms with van der Waals surface area (Å²) in [7, 11) is 1.71. The maximum Gasteiger partial charge on any atom is 0.114 e. The number of methoxy groups -OCH3 is 1. The summed E-state index contributed by atoms with van der Waals surface area (Å²) >= 11 is 0. The summed E-state index contributed by atoms with van der Waals surface area (Å²) in [6, 6.07) is 0. The molecule has 0 aromatic rings. The fraction of sp³-hybridized carbons (Fsp3) is 0.600. The molecule has 0 spiro atoms. The van der Waals surface area contributed by atoms with Crippen LogP contribution < -0.4 is 0 Å². The minimum absolute atomic E-state index is 0.973. The van der Waals surface area contributed by atoms with Crippen molar-refractivity contribution in [3.63, 3.8) is 0 Å². The maximum absolute atomic E-state index is 5.11. The highest BCUT2D eigenvalue weighted by atomic mass is 16.5. The normalized spacial score (nSPS) is 12.5. The Morgan fingerprint density at radius 3 is 2.64 bits per heavy atom. The predicted octanol–water partition coefficient (Wildman–Crippen LogP) is 3.28. The van der Waals surface area contributed by atoms with Crippen LogP contribution in [0, 0.1) is 0 Å². The molecular weight excluding hydrogens is 136 g/mol. The van der Waals surface area contributed by atoms with Crippen molar-refractivity contribution >= 4 is 0 Å². The Kier molecular flexibility index (Phi) is 6.90. The molecule has 0 N–H and O–H groups in total. The first kappa shape index (κ1) is 10.3. The zero-order valence-electron chi connectivity index (χ0n) is 7.76. The van der Waals surface area contributed by atoms with E-state index in [1.165, 1.54) is 12.8 Å². The molecular formula is C10H18O. The molecule has 0 rings (SSSR count). The van der Waals surface area contributed by atoms with E-state index in [0.717, 1.165) is 12.2 Å². The third-order valence-corrected chi connectivity index (χ3v) is 1.47. The molecule has 64 valence electrons. The average molecular weight is 154 g/mol. The predicted molar refractivity (Wildman–Crippen MR) is 49.4 cm³/mol. The summed E-state index contributed by atoms with van der Waals surface area (Å²) in [6.07, 6.45) is 9.69. The first-order valence-electron chi connectivity index (χ1n) is 4.22. The van der Waals surface area contributed by atoms with Crippen molar-refractivity contribution in [2.75, 3.05) is 7.11 Å². The standard InChI is InChI=1S/C10H18O/c1-4-6-7-9-10(11-3)8-5-2/h5,8-9H,4,6-7H2,1-3H3/b8-5+,10-9+. The van der Waals surface area contributed by atoms with Gasteiger partial charge in [-0.2, -0.15) is 0 Å². The van der Waals surface area contributed by atoms with Crippen molar-refractivity contribution in [2.45, 2.75) is 33.1 Å². The lowest BCUT2D eigenvalue weighted by atomic mass is 10.2. The van der Waals surface area contributed by atoms with Crippen LogP contribution in [-0.2, 0) is 4.74 Å². The number of rotatable bonds is 5. The summed E-state index contributed by atoms with van der Waals surface area (Å²) in [5.41, 5.74) is 0. The van der Waals surface area contributed by atoms with Gasteiger partial charge in [0.15, 0.2) is 0 Å². The van der Waals surface area contributed by atoms with E-state index < -0.39 is 0 Å². The first-order valence-corrected chi connectivity index (χ1v) is 4.22. The Bertz CT molecular complexity index is 134. The lowest BCUT2D eigenvalue weighted by Crippen LogP contribution is -1.81.